The zero-order valence-electron chi connectivity index (χ0n) is 7.31. The van der Waals surface area contributed by atoms with Crippen LogP contribution in [-0.4, -0.2) is 0 Å². The van der Waals surface area contributed by atoms with Crippen LogP contribution in [0.15, 0.2) is 18.2 Å². The van der Waals surface area contributed by atoms with Crippen LogP contribution in [0, 0.1) is 6.92 Å². The molecule has 0 aliphatic heterocycles. The van der Waals surface area contributed by atoms with Crippen molar-refractivity contribution in [2.75, 3.05) is 0 Å². The minimum absolute atomic E-state index is 0.258. The van der Waals surface area contributed by atoms with E-state index in [-0.39, 0.29) is 5.38 Å². The Balaban J connectivity index is 2.47. The van der Waals surface area contributed by atoms with Crippen LogP contribution in [0.25, 0.3) is 0 Å². The van der Waals surface area contributed by atoms with E-state index in [1.54, 1.807) is 0 Å². The molecule has 1 aromatic rings. The molecule has 0 radical (unpaired) electrons. The fraction of sp³-hybridized carbons (Fsp3) is 0.455. The number of hydrogen-bond donors (Lipinski definition) is 0. The number of aryl methyl sites for hydroxylation is 2. The first-order chi connectivity index (χ1) is 5.77. The number of hydrogen-bond acceptors (Lipinski definition) is 0. The third-order valence-electron chi connectivity index (χ3n) is 2.54. The van der Waals surface area contributed by atoms with E-state index in [4.69, 9.17) is 11.6 Å². The summed E-state index contributed by atoms with van der Waals surface area (Å²) in [4.78, 5) is 0. The third kappa shape index (κ3) is 1.36. The van der Waals surface area contributed by atoms with Gasteiger partial charge < -0.3 is 0 Å². The maximum absolute atomic E-state index is 6.22. The number of fused-ring (bicyclic) bond motifs is 1. The topological polar surface area (TPSA) is 0 Å². The molecule has 1 heteroatoms. The largest absolute Gasteiger partial charge is 0.118 e. The summed E-state index contributed by atoms with van der Waals surface area (Å²) in [6, 6.07) is 6.62. The molecule has 0 saturated carbocycles. The molecule has 64 valence electrons. The van der Waals surface area contributed by atoms with Gasteiger partial charge in [0.25, 0.3) is 0 Å². The molecule has 0 amide bonds. The lowest BCUT2D eigenvalue weighted by molar-refractivity contribution is 0.667. The zero-order chi connectivity index (χ0) is 8.55. The van der Waals surface area contributed by atoms with Gasteiger partial charge in [0.1, 0.15) is 0 Å². The lowest BCUT2D eigenvalue weighted by Gasteiger charge is -2.20. The van der Waals surface area contributed by atoms with Crippen molar-refractivity contribution in [1.29, 1.82) is 0 Å². The summed E-state index contributed by atoms with van der Waals surface area (Å²) in [5.41, 5.74) is 4.14. The average molecular weight is 181 g/mol. The predicted octanol–water partition coefficient (Wildman–Crippen LogP) is 3.61. The molecular weight excluding hydrogens is 168 g/mol. The molecule has 1 atom stereocenters. The molecule has 0 fully saturated rings. The van der Waals surface area contributed by atoms with Gasteiger partial charge in [-0.25, -0.2) is 0 Å². The zero-order valence-corrected chi connectivity index (χ0v) is 8.06. The van der Waals surface area contributed by atoms with Crippen LogP contribution in [0.3, 0.4) is 0 Å². The molecule has 1 unspecified atom stereocenters. The summed E-state index contributed by atoms with van der Waals surface area (Å²) in [7, 11) is 0. The maximum atomic E-state index is 6.22. The van der Waals surface area contributed by atoms with E-state index in [1.807, 2.05) is 0 Å². The molecule has 0 heterocycles. The molecule has 1 aromatic carbocycles. The van der Waals surface area contributed by atoms with E-state index in [0.29, 0.717) is 0 Å². The Kier molecular flexibility index (Phi) is 2.10. The van der Waals surface area contributed by atoms with Crippen molar-refractivity contribution in [1.82, 2.24) is 0 Å². The van der Waals surface area contributed by atoms with Gasteiger partial charge in [-0.05, 0) is 37.3 Å². The molecule has 0 saturated heterocycles. The molecule has 0 nitrogen and oxygen atoms in total. The van der Waals surface area contributed by atoms with Crippen LogP contribution in [0.5, 0.6) is 0 Å². The normalized spacial score (nSPS) is 22.0. The molecule has 1 aliphatic carbocycles. The van der Waals surface area contributed by atoms with Gasteiger partial charge in [0.05, 0.1) is 5.38 Å². The summed E-state index contributed by atoms with van der Waals surface area (Å²) in [5.74, 6) is 0. The Bertz CT molecular complexity index is 291. The van der Waals surface area contributed by atoms with Crippen LogP contribution < -0.4 is 0 Å². The number of halogens is 1. The monoisotopic (exact) mass is 180 g/mol. The van der Waals surface area contributed by atoms with E-state index >= 15 is 0 Å². The van der Waals surface area contributed by atoms with Crippen molar-refractivity contribution >= 4 is 11.6 Å². The van der Waals surface area contributed by atoms with Gasteiger partial charge in [0, 0.05) is 0 Å². The second kappa shape index (κ2) is 3.10. The van der Waals surface area contributed by atoms with E-state index in [1.165, 1.54) is 29.5 Å². The summed E-state index contributed by atoms with van der Waals surface area (Å²) in [5, 5.41) is 0.258. The van der Waals surface area contributed by atoms with Crippen LogP contribution >= 0.6 is 11.6 Å². The molecule has 0 bridgehead atoms. The van der Waals surface area contributed by atoms with Gasteiger partial charge in [-0.1, -0.05) is 23.8 Å². The van der Waals surface area contributed by atoms with Crippen molar-refractivity contribution < 1.29 is 0 Å². The molecule has 12 heavy (non-hydrogen) atoms. The highest BCUT2D eigenvalue weighted by molar-refractivity contribution is 6.21. The lowest BCUT2D eigenvalue weighted by Crippen LogP contribution is -2.05. The molecule has 0 N–H and O–H groups in total. The van der Waals surface area contributed by atoms with E-state index in [2.05, 4.69) is 25.1 Å². The second-order valence-corrected chi connectivity index (χ2v) is 4.09. The first-order valence-corrected chi connectivity index (χ1v) is 4.94. The Labute approximate surface area is 78.6 Å². The fourth-order valence-corrected chi connectivity index (χ4v) is 2.22. The van der Waals surface area contributed by atoms with Crippen molar-refractivity contribution in [3.63, 3.8) is 0 Å². The molecule has 0 aromatic heterocycles. The predicted molar refractivity (Wildman–Crippen MR) is 52.7 cm³/mol. The first kappa shape index (κ1) is 8.12. The number of benzene rings is 1. The quantitative estimate of drug-likeness (QED) is 0.535. The average Bonchev–Trinajstić information content (AvgIpc) is 2.07. The van der Waals surface area contributed by atoms with Crippen LogP contribution in [0.4, 0.5) is 0 Å². The molecule has 1 aliphatic rings. The summed E-state index contributed by atoms with van der Waals surface area (Å²) < 4.78 is 0. The molecular formula is C11H13Cl. The van der Waals surface area contributed by atoms with Gasteiger partial charge >= 0.3 is 0 Å². The Morgan fingerprint density at radius 1 is 1.42 bits per heavy atom. The smallest absolute Gasteiger partial charge is 0.0588 e. The Morgan fingerprint density at radius 2 is 2.25 bits per heavy atom. The SMILES string of the molecule is Cc1ccc2c(c1)C(Cl)CCC2. The highest BCUT2D eigenvalue weighted by atomic mass is 35.5. The number of alkyl halides is 1. The summed E-state index contributed by atoms with van der Waals surface area (Å²) in [6.07, 6.45) is 3.58. The fourth-order valence-electron chi connectivity index (χ4n) is 1.86. The Morgan fingerprint density at radius 3 is 3.08 bits per heavy atom. The van der Waals surface area contributed by atoms with Crippen molar-refractivity contribution in [3.8, 4) is 0 Å². The van der Waals surface area contributed by atoms with Gasteiger partial charge in [0.15, 0.2) is 0 Å². The third-order valence-corrected chi connectivity index (χ3v) is 3.00. The summed E-state index contributed by atoms with van der Waals surface area (Å²) in [6.45, 7) is 2.12. The molecule has 2 rings (SSSR count). The minimum Gasteiger partial charge on any atom is -0.118 e. The van der Waals surface area contributed by atoms with Crippen molar-refractivity contribution in [3.05, 3.63) is 34.9 Å². The minimum atomic E-state index is 0.258. The second-order valence-electron chi connectivity index (χ2n) is 3.56. The molecule has 0 spiro atoms. The van der Waals surface area contributed by atoms with Gasteiger partial charge in [0.2, 0.25) is 0 Å². The van der Waals surface area contributed by atoms with Gasteiger partial charge in [-0.15, -0.1) is 11.6 Å². The van der Waals surface area contributed by atoms with Gasteiger partial charge in [-0.3, -0.25) is 0 Å². The lowest BCUT2D eigenvalue weighted by atomic mass is 9.90. The highest BCUT2D eigenvalue weighted by Crippen LogP contribution is 2.34. The summed E-state index contributed by atoms with van der Waals surface area (Å²) >= 11 is 6.22. The first-order valence-electron chi connectivity index (χ1n) is 4.51. The Hall–Kier alpha value is -0.490. The van der Waals surface area contributed by atoms with Crippen molar-refractivity contribution in [2.45, 2.75) is 31.6 Å². The van der Waals surface area contributed by atoms with Gasteiger partial charge in [-0.2, -0.15) is 0 Å². The van der Waals surface area contributed by atoms with E-state index in [9.17, 15) is 0 Å². The van der Waals surface area contributed by atoms with Crippen LogP contribution in [-0.2, 0) is 6.42 Å². The maximum Gasteiger partial charge on any atom is 0.0588 e. The number of rotatable bonds is 0. The van der Waals surface area contributed by atoms with Crippen LogP contribution in [0.2, 0.25) is 0 Å². The van der Waals surface area contributed by atoms with E-state index in [0.717, 1.165) is 6.42 Å². The van der Waals surface area contributed by atoms with Crippen molar-refractivity contribution in [2.24, 2.45) is 0 Å². The van der Waals surface area contributed by atoms with Crippen LogP contribution in [0.1, 0.15) is 34.9 Å². The highest BCUT2D eigenvalue weighted by Gasteiger charge is 2.17. The van der Waals surface area contributed by atoms with E-state index < -0.39 is 0 Å². The standard InChI is InChI=1S/C11H13Cl/c1-8-5-6-9-3-2-4-11(12)10(9)7-8/h5-7,11H,2-4H2,1H3.